The molecule has 91 heavy (non-hydrogen) atoms. The van der Waals surface area contributed by atoms with Crippen molar-refractivity contribution < 1.29 is 57.8 Å². The van der Waals surface area contributed by atoms with Crippen LogP contribution in [0.3, 0.4) is 0 Å². The van der Waals surface area contributed by atoms with E-state index in [0.717, 1.165) is 4.90 Å². The lowest BCUT2D eigenvalue weighted by Gasteiger charge is -2.42. The van der Waals surface area contributed by atoms with E-state index in [9.17, 15) is 29.1 Å². The number of nitrogens with one attached hydrogen (secondary N) is 4. The third kappa shape index (κ3) is 23.6. The van der Waals surface area contributed by atoms with Crippen molar-refractivity contribution in [1.29, 1.82) is 0 Å². The van der Waals surface area contributed by atoms with E-state index in [4.69, 9.17) is 5.73 Å². The van der Waals surface area contributed by atoms with Gasteiger partial charge in [-0.3, -0.25) is 52.7 Å². The van der Waals surface area contributed by atoms with E-state index in [2.05, 4.69) is 21.3 Å². The minimum atomic E-state index is -1.65. The highest BCUT2D eigenvalue weighted by atomic mass is 32.2. The van der Waals surface area contributed by atoms with Crippen molar-refractivity contribution in [3.05, 3.63) is 12.2 Å². The molecule has 1 aliphatic heterocycles. The molecule has 522 valence electrons. The van der Waals surface area contributed by atoms with E-state index in [1.807, 2.05) is 61.5 Å². The number of carbonyl (C=O) groups is 11. The Bertz CT molecular complexity index is 2480. The zero-order valence-electron chi connectivity index (χ0n) is 59.9. The number of aliphatic hydroxyl groups is 1. The third-order valence-corrected chi connectivity index (χ3v) is 18.2. The first-order valence-electron chi connectivity index (χ1n) is 32.7. The van der Waals surface area contributed by atoms with Gasteiger partial charge < -0.3 is 66.4 Å². The van der Waals surface area contributed by atoms with Gasteiger partial charge in [0.2, 0.25) is 65.0 Å². The first-order chi connectivity index (χ1) is 42.0. The second kappa shape index (κ2) is 38.4. The fourth-order valence-electron chi connectivity index (χ4n) is 11.4. The molecule has 1 saturated heterocycles. The number of hydrogen-bond acceptors (Lipinski definition) is 14. The number of allylic oxidation sites excluding steroid dienone is 2. The summed E-state index contributed by atoms with van der Waals surface area (Å²) in [6.07, 6.45) is 2.93. The number of thioether (sulfide) groups is 1. The van der Waals surface area contributed by atoms with Gasteiger partial charge in [0, 0.05) is 67.4 Å². The predicted octanol–water partition coefficient (Wildman–Crippen LogP) is 3.58. The summed E-state index contributed by atoms with van der Waals surface area (Å²) in [5, 5.41) is 23.5. The summed E-state index contributed by atoms with van der Waals surface area (Å²) < 4.78 is 0. The van der Waals surface area contributed by atoms with Gasteiger partial charge in [0.15, 0.2) is 0 Å². The molecule has 0 aromatic carbocycles. The smallest absolute Gasteiger partial charge is 0.246 e. The lowest BCUT2D eigenvalue weighted by atomic mass is 9.91. The number of carbonyl (C=O) groups excluding carboxylic acids is 11. The van der Waals surface area contributed by atoms with Crippen molar-refractivity contribution >= 4 is 76.7 Å². The maximum atomic E-state index is 15.4. The molecular weight excluding hydrogens is 1180 g/mol. The molecule has 0 radical (unpaired) electrons. The second-order valence-electron chi connectivity index (χ2n) is 27.9. The Labute approximate surface area is 549 Å². The van der Waals surface area contributed by atoms with Crippen LogP contribution >= 0.6 is 11.8 Å². The molecule has 0 aliphatic carbocycles. The zero-order valence-corrected chi connectivity index (χ0v) is 60.7. The van der Waals surface area contributed by atoms with Crippen molar-refractivity contribution in [2.24, 2.45) is 53.1 Å². The van der Waals surface area contributed by atoms with Crippen LogP contribution in [-0.4, -0.2) is 244 Å². The number of rotatable bonds is 19. The summed E-state index contributed by atoms with van der Waals surface area (Å²) in [4.78, 5) is 172. The highest BCUT2D eigenvalue weighted by molar-refractivity contribution is 7.99. The summed E-state index contributed by atoms with van der Waals surface area (Å²) in [6.45, 7) is 31.9. The average molecular weight is 1310 g/mol. The van der Waals surface area contributed by atoms with Crippen LogP contribution in [0.2, 0.25) is 0 Å². The molecule has 13 atom stereocenters. The van der Waals surface area contributed by atoms with Gasteiger partial charge in [-0.15, -0.1) is 0 Å². The van der Waals surface area contributed by atoms with Gasteiger partial charge in [0.25, 0.3) is 0 Å². The van der Waals surface area contributed by atoms with Crippen LogP contribution in [0.1, 0.15) is 157 Å². The summed E-state index contributed by atoms with van der Waals surface area (Å²) in [7, 11) is 10.0. The lowest BCUT2D eigenvalue weighted by molar-refractivity contribution is -0.157. The van der Waals surface area contributed by atoms with Crippen LogP contribution in [0, 0.1) is 47.3 Å². The van der Waals surface area contributed by atoms with Gasteiger partial charge in [0.1, 0.15) is 66.5 Å². The molecule has 25 heteroatoms. The molecule has 0 aromatic heterocycles. The Morgan fingerprint density at radius 2 is 0.780 bits per heavy atom. The summed E-state index contributed by atoms with van der Waals surface area (Å²) in [5.41, 5.74) is 5.93. The zero-order chi connectivity index (χ0) is 70.5. The largest absolute Gasteiger partial charge is 0.390 e. The van der Waals surface area contributed by atoms with E-state index in [1.54, 1.807) is 61.5 Å². The van der Waals surface area contributed by atoms with Crippen LogP contribution < -0.4 is 27.0 Å². The predicted molar refractivity (Wildman–Crippen MR) is 358 cm³/mol. The number of hydrogen-bond donors (Lipinski definition) is 6. The van der Waals surface area contributed by atoms with Gasteiger partial charge in [-0.2, -0.15) is 11.8 Å². The Morgan fingerprint density at radius 3 is 1.20 bits per heavy atom. The molecular formula is C66H120N12O12S. The van der Waals surface area contributed by atoms with Gasteiger partial charge in [-0.1, -0.05) is 116 Å². The van der Waals surface area contributed by atoms with Crippen molar-refractivity contribution in [2.75, 3.05) is 67.4 Å². The Balaban J connectivity index is 4.55. The van der Waals surface area contributed by atoms with E-state index >= 15 is 28.8 Å². The first kappa shape index (κ1) is 83.2. The van der Waals surface area contributed by atoms with Crippen molar-refractivity contribution in [1.82, 2.24) is 55.6 Å². The van der Waals surface area contributed by atoms with E-state index < -0.39 is 161 Å². The first-order valence-corrected chi connectivity index (χ1v) is 33.9. The third-order valence-electron chi connectivity index (χ3n) is 17.1. The number of nitrogens with two attached hydrogens (primary N) is 1. The molecule has 11 amide bonds. The van der Waals surface area contributed by atoms with Gasteiger partial charge in [-0.05, 0) is 100 Å². The SMILES string of the molecule is CC=CC[C@@H](C)[C@@H](O)[C@@H]1C(=O)N[C@H](C(C)C)C(=O)N(C)[C@H](CSCCN)C(=O)N(C)[C@@H](CC(C)C)C(=O)N[C@H](C(C)C)C(=O)N(C)C(CC(C)C)C(=O)N[C@H](C)C(=O)N[C@@H](C)C(=O)N(C)[C@H](CC(C)C)C(=O)N(C)[C@H](CC(C)C)C(=O)N(C)[C@H](C(C)C)C(=O)N1C. The molecule has 0 spiro atoms. The Kier molecular flexibility index (Phi) is 35.1. The Morgan fingerprint density at radius 1 is 0.429 bits per heavy atom. The molecule has 1 unspecified atom stereocenters. The molecule has 24 nitrogen and oxygen atoms in total. The minimum absolute atomic E-state index is 0.0213. The highest BCUT2D eigenvalue weighted by Gasteiger charge is 2.47. The molecule has 1 aliphatic rings. The van der Waals surface area contributed by atoms with Crippen LogP contribution in [0.5, 0.6) is 0 Å². The number of nitrogens with zero attached hydrogens (tertiary/aromatic N) is 7. The van der Waals surface area contributed by atoms with Crippen LogP contribution in [0.4, 0.5) is 0 Å². The maximum Gasteiger partial charge on any atom is 0.246 e. The van der Waals surface area contributed by atoms with Gasteiger partial charge in [0.05, 0.1) is 6.10 Å². The van der Waals surface area contributed by atoms with Crippen molar-refractivity contribution in [2.45, 2.75) is 229 Å². The summed E-state index contributed by atoms with van der Waals surface area (Å²) in [5.74, 6) is -10.1. The van der Waals surface area contributed by atoms with Crippen molar-refractivity contribution in [3.63, 3.8) is 0 Å². The Hall–Kier alpha value is -5.82. The van der Waals surface area contributed by atoms with E-state index in [0.29, 0.717) is 12.2 Å². The summed E-state index contributed by atoms with van der Waals surface area (Å²) in [6, 6.07) is -13.9. The molecule has 0 aromatic rings. The topological polar surface area (TPSA) is 305 Å². The second-order valence-corrected chi connectivity index (χ2v) is 29.1. The van der Waals surface area contributed by atoms with Gasteiger partial charge in [-0.25, -0.2) is 0 Å². The van der Waals surface area contributed by atoms with E-state index in [1.165, 1.54) is 104 Å². The number of likely N-dealkylation sites (N-methyl/N-ethyl adjacent to an activating group) is 7. The number of aliphatic hydroxyl groups excluding tert-OH is 1. The fraction of sp³-hybridized carbons (Fsp3) is 0.803. The quantitative estimate of drug-likeness (QED) is 0.0796. The molecule has 0 saturated carbocycles. The van der Waals surface area contributed by atoms with Crippen LogP contribution in [0.25, 0.3) is 0 Å². The maximum absolute atomic E-state index is 15.4. The standard InChI is InChI=1S/C66H120N12O12S/c1-26-27-28-43(16)55(79)54-59(83)71-52(41(12)13)65(89)76(23)50(35-91-30-29-67)63(87)72(19)47(32-37(4)5)58(82)70-51(40(10)11)64(88)73(20)46(31-36(2)3)57(81)68-44(17)56(80)69-45(18)60(84)74(21)48(33-38(6)7)61(85)75(22)49(34-39(8)9)62(86)77(24)53(42(14)15)66(90)78(54)25/h26-27,36-55,79H,28-35,67H2,1-25H3,(H,68,81)(H,69,80)(H,70,82)(H,71,83)/t43-,44-,45+,46?,47+,48-,49-,50-,51-,52-,53-,54-,55-/m1/s1. The van der Waals surface area contributed by atoms with Gasteiger partial charge >= 0.3 is 0 Å². The normalized spacial score (nSPS) is 26.8. The molecule has 0 bridgehead atoms. The fourth-order valence-corrected chi connectivity index (χ4v) is 12.3. The average Bonchev–Trinajstić information content (AvgIpc) is 0.969. The van der Waals surface area contributed by atoms with Crippen LogP contribution in [0.15, 0.2) is 12.2 Å². The minimum Gasteiger partial charge on any atom is -0.390 e. The lowest BCUT2D eigenvalue weighted by Crippen LogP contribution is -2.64. The molecule has 1 heterocycles. The molecule has 1 fully saturated rings. The summed E-state index contributed by atoms with van der Waals surface area (Å²) >= 11 is 1.30. The monoisotopic (exact) mass is 1300 g/mol. The van der Waals surface area contributed by atoms with Crippen LogP contribution in [-0.2, 0) is 52.7 Å². The van der Waals surface area contributed by atoms with Crippen molar-refractivity contribution in [3.8, 4) is 0 Å². The molecule has 7 N–H and O–H groups in total. The van der Waals surface area contributed by atoms with E-state index in [-0.39, 0.29) is 61.7 Å². The molecule has 1 rings (SSSR count). The number of amides is 11. The highest BCUT2D eigenvalue weighted by Crippen LogP contribution is 2.27.